The van der Waals surface area contributed by atoms with Gasteiger partial charge in [0.2, 0.25) is 0 Å². The van der Waals surface area contributed by atoms with Gasteiger partial charge in [-0.05, 0) is 29.8 Å². The van der Waals surface area contributed by atoms with Crippen molar-refractivity contribution in [3.8, 4) is 0 Å². The molecule has 0 unspecified atom stereocenters. The third kappa shape index (κ3) is 3.25. The molecular formula is C13H14ClNO2. The number of hydrogen-bond donors (Lipinski definition) is 1. The summed E-state index contributed by atoms with van der Waals surface area (Å²) in [6, 6.07) is 11.6. The van der Waals surface area contributed by atoms with Gasteiger partial charge in [-0.2, -0.15) is 0 Å². The van der Waals surface area contributed by atoms with E-state index in [4.69, 9.17) is 20.8 Å². The molecule has 0 saturated heterocycles. The molecule has 0 aliphatic carbocycles. The van der Waals surface area contributed by atoms with E-state index in [1.165, 1.54) is 0 Å². The first-order valence-electron chi connectivity index (χ1n) is 5.34. The van der Waals surface area contributed by atoms with Crippen LogP contribution < -0.4 is 5.32 Å². The van der Waals surface area contributed by atoms with Crippen LogP contribution in [0.2, 0.25) is 5.22 Å². The van der Waals surface area contributed by atoms with Gasteiger partial charge in [-0.25, -0.2) is 0 Å². The highest BCUT2D eigenvalue weighted by molar-refractivity contribution is 6.28. The van der Waals surface area contributed by atoms with E-state index in [0.717, 1.165) is 17.0 Å². The quantitative estimate of drug-likeness (QED) is 0.880. The molecule has 0 saturated carbocycles. The van der Waals surface area contributed by atoms with E-state index in [0.29, 0.717) is 18.4 Å². The van der Waals surface area contributed by atoms with Gasteiger partial charge in [0.25, 0.3) is 0 Å². The maximum absolute atomic E-state index is 5.71. The average molecular weight is 252 g/mol. The van der Waals surface area contributed by atoms with E-state index < -0.39 is 0 Å². The summed E-state index contributed by atoms with van der Waals surface area (Å²) in [5.74, 6) is 0.808. The second-order valence-electron chi connectivity index (χ2n) is 3.65. The molecule has 0 aliphatic heterocycles. The summed E-state index contributed by atoms with van der Waals surface area (Å²) in [5.41, 5.74) is 2.16. The Morgan fingerprint density at radius 3 is 2.76 bits per heavy atom. The van der Waals surface area contributed by atoms with Crippen molar-refractivity contribution in [1.29, 1.82) is 0 Å². The standard InChI is InChI=1S/C13H14ClNO2/c1-16-9-10-4-2-3-5-12(10)15-8-11-6-7-13(14)17-11/h2-7,15H,8-9H2,1H3. The van der Waals surface area contributed by atoms with Gasteiger partial charge in [-0.3, -0.25) is 0 Å². The Kier molecular flexibility index (Phi) is 4.07. The SMILES string of the molecule is COCc1ccccc1NCc1ccc(Cl)o1. The monoisotopic (exact) mass is 251 g/mol. The molecular weight excluding hydrogens is 238 g/mol. The van der Waals surface area contributed by atoms with Gasteiger partial charge >= 0.3 is 0 Å². The van der Waals surface area contributed by atoms with E-state index >= 15 is 0 Å². The number of rotatable bonds is 5. The van der Waals surface area contributed by atoms with Crippen molar-refractivity contribution in [2.45, 2.75) is 13.2 Å². The number of para-hydroxylation sites is 1. The Bertz CT molecular complexity index is 482. The number of hydrogen-bond acceptors (Lipinski definition) is 3. The molecule has 3 nitrogen and oxygen atoms in total. The van der Waals surface area contributed by atoms with Crippen molar-refractivity contribution in [2.75, 3.05) is 12.4 Å². The van der Waals surface area contributed by atoms with E-state index in [1.807, 2.05) is 30.3 Å². The van der Waals surface area contributed by atoms with Crippen molar-refractivity contribution in [3.05, 3.63) is 52.9 Å². The Balaban J connectivity index is 2.03. The third-order valence-corrected chi connectivity index (χ3v) is 2.60. The van der Waals surface area contributed by atoms with E-state index in [9.17, 15) is 0 Å². The molecule has 1 heterocycles. The molecule has 1 aromatic heterocycles. The van der Waals surface area contributed by atoms with Gasteiger partial charge in [0.05, 0.1) is 13.2 Å². The normalized spacial score (nSPS) is 10.5. The first kappa shape index (κ1) is 12.0. The molecule has 0 radical (unpaired) electrons. The molecule has 4 heteroatoms. The van der Waals surface area contributed by atoms with Gasteiger partial charge in [0.15, 0.2) is 5.22 Å². The van der Waals surface area contributed by atoms with Crippen LogP contribution in [0.4, 0.5) is 5.69 Å². The van der Waals surface area contributed by atoms with E-state index in [2.05, 4.69) is 5.32 Å². The smallest absolute Gasteiger partial charge is 0.193 e. The number of nitrogens with one attached hydrogen (secondary N) is 1. The highest BCUT2D eigenvalue weighted by atomic mass is 35.5. The Hall–Kier alpha value is -1.45. The summed E-state index contributed by atoms with van der Waals surface area (Å²) in [5, 5.41) is 3.70. The molecule has 1 aromatic carbocycles. The van der Waals surface area contributed by atoms with Gasteiger partial charge in [0.1, 0.15) is 5.76 Å². The second-order valence-corrected chi connectivity index (χ2v) is 4.02. The molecule has 1 N–H and O–H groups in total. The van der Waals surface area contributed by atoms with Crippen molar-refractivity contribution >= 4 is 17.3 Å². The number of benzene rings is 1. The zero-order chi connectivity index (χ0) is 12.1. The first-order chi connectivity index (χ1) is 8.29. The summed E-state index contributed by atoms with van der Waals surface area (Å²) < 4.78 is 10.4. The lowest BCUT2D eigenvalue weighted by atomic mass is 10.2. The van der Waals surface area contributed by atoms with Crippen LogP contribution in [0.15, 0.2) is 40.8 Å². The van der Waals surface area contributed by atoms with Crippen LogP contribution in [0, 0.1) is 0 Å². The number of furan rings is 1. The zero-order valence-corrected chi connectivity index (χ0v) is 10.3. The van der Waals surface area contributed by atoms with Crippen molar-refractivity contribution < 1.29 is 9.15 Å². The largest absolute Gasteiger partial charge is 0.448 e. The van der Waals surface area contributed by atoms with Gasteiger partial charge < -0.3 is 14.5 Å². The van der Waals surface area contributed by atoms with Crippen LogP contribution >= 0.6 is 11.6 Å². The molecule has 0 aliphatic rings. The minimum absolute atomic E-state index is 0.409. The maximum atomic E-state index is 5.71. The highest BCUT2D eigenvalue weighted by Gasteiger charge is 2.03. The lowest BCUT2D eigenvalue weighted by Gasteiger charge is -2.10. The lowest BCUT2D eigenvalue weighted by Crippen LogP contribution is -2.02. The number of methoxy groups -OCH3 is 1. The minimum atomic E-state index is 0.409. The zero-order valence-electron chi connectivity index (χ0n) is 9.57. The molecule has 17 heavy (non-hydrogen) atoms. The molecule has 0 bridgehead atoms. The molecule has 0 fully saturated rings. The van der Waals surface area contributed by atoms with E-state index in [1.54, 1.807) is 13.2 Å². The maximum Gasteiger partial charge on any atom is 0.193 e. The van der Waals surface area contributed by atoms with E-state index in [-0.39, 0.29) is 0 Å². The topological polar surface area (TPSA) is 34.4 Å². The summed E-state index contributed by atoms with van der Waals surface area (Å²) in [7, 11) is 1.68. The number of halogens is 1. The highest BCUT2D eigenvalue weighted by Crippen LogP contribution is 2.18. The fourth-order valence-corrected chi connectivity index (χ4v) is 1.77. The summed E-state index contributed by atoms with van der Waals surface area (Å²) in [6.45, 7) is 1.19. The lowest BCUT2D eigenvalue weighted by molar-refractivity contribution is 0.185. The van der Waals surface area contributed by atoms with Crippen molar-refractivity contribution in [2.24, 2.45) is 0 Å². The fraction of sp³-hybridized carbons (Fsp3) is 0.231. The molecule has 0 spiro atoms. The van der Waals surface area contributed by atoms with Gasteiger partial charge in [-0.1, -0.05) is 18.2 Å². The van der Waals surface area contributed by atoms with Crippen LogP contribution in [0.25, 0.3) is 0 Å². The minimum Gasteiger partial charge on any atom is -0.448 e. The molecule has 2 aromatic rings. The van der Waals surface area contributed by atoms with Crippen molar-refractivity contribution in [1.82, 2.24) is 0 Å². The summed E-state index contributed by atoms with van der Waals surface area (Å²) >= 11 is 5.71. The third-order valence-electron chi connectivity index (χ3n) is 2.40. The van der Waals surface area contributed by atoms with Crippen molar-refractivity contribution in [3.63, 3.8) is 0 Å². The summed E-state index contributed by atoms with van der Waals surface area (Å²) in [4.78, 5) is 0. The Labute approximate surface area is 105 Å². The van der Waals surface area contributed by atoms with Gasteiger partial charge in [-0.15, -0.1) is 0 Å². The second kappa shape index (κ2) is 5.75. The molecule has 90 valence electrons. The number of ether oxygens (including phenoxy) is 1. The molecule has 0 atom stereocenters. The van der Waals surface area contributed by atoms with Gasteiger partial charge in [0, 0.05) is 18.4 Å². The predicted octanol–water partition coefficient (Wildman–Crippen LogP) is 3.69. The Morgan fingerprint density at radius 1 is 1.24 bits per heavy atom. The van der Waals surface area contributed by atoms with Crippen LogP contribution in [-0.4, -0.2) is 7.11 Å². The molecule has 2 rings (SSSR count). The van der Waals surface area contributed by atoms with Crippen LogP contribution in [0.3, 0.4) is 0 Å². The summed E-state index contributed by atoms with van der Waals surface area (Å²) in [6.07, 6.45) is 0. The fourth-order valence-electron chi connectivity index (χ4n) is 1.60. The average Bonchev–Trinajstić information content (AvgIpc) is 2.74. The Morgan fingerprint density at radius 2 is 2.06 bits per heavy atom. The van der Waals surface area contributed by atoms with Crippen LogP contribution in [0.5, 0.6) is 0 Å². The number of anilines is 1. The first-order valence-corrected chi connectivity index (χ1v) is 5.72. The predicted molar refractivity (Wildman–Crippen MR) is 68.2 cm³/mol. The van der Waals surface area contributed by atoms with Crippen LogP contribution in [0.1, 0.15) is 11.3 Å². The molecule has 0 amide bonds. The van der Waals surface area contributed by atoms with Crippen LogP contribution in [-0.2, 0) is 17.9 Å².